The second-order valence-electron chi connectivity index (χ2n) is 5.93. The van der Waals surface area contributed by atoms with Crippen LogP contribution in [0, 0.1) is 5.82 Å². The molecule has 2 N–H and O–H groups in total. The van der Waals surface area contributed by atoms with Gasteiger partial charge in [0, 0.05) is 12.6 Å². The molecule has 1 atom stereocenters. The molecular formula is C19H22ClFN2O2. The van der Waals surface area contributed by atoms with Crippen LogP contribution >= 0.6 is 12.4 Å². The number of ether oxygens (including phenoxy) is 1. The normalized spacial score (nSPS) is 16.2. The zero-order valence-corrected chi connectivity index (χ0v) is 14.9. The first-order valence-corrected chi connectivity index (χ1v) is 8.13. The maximum absolute atomic E-state index is 14.3. The maximum atomic E-state index is 14.3. The monoisotopic (exact) mass is 364 g/mol. The van der Waals surface area contributed by atoms with Crippen LogP contribution < -0.4 is 15.4 Å². The van der Waals surface area contributed by atoms with Crippen molar-refractivity contribution in [3.05, 3.63) is 53.8 Å². The number of carbonyl (C=O) groups is 1. The SMILES string of the molecule is COc1ccc(-c2ccc(C(=O)NCC3CCCN3)c(F)c2)cc1.Cl. The molecule has 1 aliphatic heterocycles. The number of hydrogen-bond acceptors (Lipinski definition) is 3. The third kappa shape index (κ3) is 4.71. The van der Waals surface area contributed by atoms with Gasteiger partial charge >= 0.3 is 0 Å². The second-order valence-corrected chi connectivity index (χ2v) is 5.93. The Balaban J connectivity index is 0.00000225. The first-order chi connectivity index (χ1) is 11.7. The second kappa shape index (κ2) is 8.83. The topological polar surface area (TPSA) is 50.4 Å². The van der Waals surface area contributed by atoms with Crippen molar-refractivity contribution in [2.45, 2.75) is 18.9 Å². The van der Waals surface area contributed by atoms with Gasteiger partial charge in [-0.3, -0.25) is 4.79 Å². The first-order valence-electron chi connectivity index (χ1n) is 8.13. The highest BCUT2D eigenvalue weighted by Gasteiger charge is 2.17. The van der Waals surface area contributed by atoms with E-state index in [9.17, 15) is 9.18 Å². The number of amides is 1. The Kier molecular flexibility index (Phi) is 6.79. The highest BCUT2D eigenvalue weighted by molar-refractivity contribution is 5.95. The highest BCUT2D eigenvalue weighted by atomic mass is 35.5. The third-order valence-electron chi connectivity index (χ3n) is 4.31. The first kappa shape index (κ1) is 19.2. The Hall–Kier alpha value is -2.11. The van der Waals surface area contributed by atoms with Gasteiger partial charge in [0.05, 0.1) is 12.7 Å². The molecule has 1 unspecified atom stereocenters. The van der Waals surface area contributed by atoms with Gasteiger partial charge < -0.3 is 15.4 Å². The van der Waals surface area contributed by atoms with Crippen molar-refractivity contribution in [3.63, 3.8) is 0 Å². The Bertz CT molecular complexity index is 716. The quantitative estimate of drug-likeness (QED) is 0.854. The van der Waals surface area contributed by atoms with Gasteiger partial charge in [-0.25, -0.2) is 4.39 Å². The Morgan fingerprint density at radius 1 is 1.24 bits per heavy atom. The van der Waals surface area contributed by atoms with E-state index in [1.165, 1.54) is 12.1 Å². The molecule has 0 bridgehead atoms. The standard InChI is InChI=1S/C19H21FN2O2.ClH/c1-24-16-7-4-13(5-8-16)14-6-9-17(18(20)11-14)19(23)22-12-15-3-2-10-21-15;/h4-9,11,15,21H,2-3,10,12H2,1H3,(H,22,23);1H. The largest absolute Gasteiger partial charge is 0.497 e. The van der Waals surface area contributed by atoms with Crippen molar-refractivity contribution in [2.75, 3.05) is 20.2 Å². The number of halogens is 2. The number of carbonyl (C=O) groups excluding carboxylic acids is 1. The lowest BCUT2D eigenvalue weighted by Crippen LogP contribution is -2.37. The molecule has 6 heteroatoms. The number of benzene rings is 2. The summed E-state index contributed by atoms with van der Waals surface area (Å²) in [6, 6.07) is 12.3. The molecular weight excluding hydrogens is 343 g/mol. The molecule has 1 saturated heterocycles. The summed E-state index contributed by atoms with van der Waals surface area (Å²) in [6.07, 6.45) is 2.16. The van der Waals surface area contributed by atoms with Crippen molar-refractivity contribution in [1.82, 2.24) is 10.6 Å². The van der Waals surface area contributed by atoms with Crippen molar-refractivity contribution >= 4 is 18.3 Å². The smallest absolute Gasteiger partial charge is 0.254 e. The van der Waals surface area contributed by atoms with Crippen molar-refractivity contribution in [3.8, 4) is 16.9 Å². The van der Waals surface area contributed by atoms with Gasteiger partial charge in [-0.1, -0.05) is 18.2 Å². The molecule has 4 nitrogen and oxygen atoms in total. The van der Waals surface area contributed by atoms with Crippen LogP contribution in [0.3, 0.4) is 0 Å². The Morgan fingerprint density at radius 2 is 1.96 bits per heavy atom. The molecule has 0 aromatic heterocycles. The molecule has 134 valence electrons. The van der Waals surface area contributed by atoms with Gasteiger partial charge in [0.15, 0.2) is 0 Å². The summed E-state index contributed by atoms with van der Waals surface area (Å²) in [7, 11) is 1.60. The molecule has 1 fully saturated rings. The Labute approximate surface area is 153 Å². The molecule has 3 rings (SSSR count). The molecule has 1 heterocycles. The average Bonchev–Trinajstić information content (AvgIpc) is 3.13. The summed E-state index contributed by atoms with van der Waals surface area (Å²) in [5, 5.41) is 6.10. The number of methoxy groups -OCH3 is 1. The molecule has 1 aliphatic rings. The molecule has 1 amide bonds. The van der Waals surface area contributed by atoms with Crippen molar-refractivity contribution in [2.24, 2.45) is 0 Å². The van der Waals surface area contributed by atoms with Gasteiger partial charge in [0.2, 0.25) is 0 Å². The summed E-state index contributed by atoms with van der Waals surface area (Å²) in [5.41, 5.74) is 1.67. The summed E-state index contributed by atoms with van der Waals surface area (Å²) in [6.45, 7) is 1.50. The van der Waals surface area contributed by atoms with Gasteiger partial charge in [-0.2, -0.15) is 0 Å². The van der Waals surface area contributed by atoms with Crippen LogP contribution in [-0.2, 0) is 0 Å². The summed E-state index contributed by atoms with van der Waals surface area (Å²) in [4.78, 5) is 12.2. The fraction of sp³-hybridized carbons (Fsp3) is 0.316. The number of nitrogens with one attached hydrogen (secondary N) is 2. The van der Waals surface area contributed by atoms with E-state index in [1.807, 2.05) is 24.3 Å². The van der Waals surface area contributed by atoms with Gasteiger partial charge in [0.25, 0.3) is 5.91 Å². The molecule has 2 aromatic rings. The summed E-state index contributed by atoms with van der Waals surface area (Å²) >= 11 is 0. The van der Waals surface area contributed by atoms with Crippen LogP contribution in [-0.4, -0.2) is 32.1 Å². The van der Waals surface area contributed by atoms with Crippen LogP contribution in [0.1, 0.15) is 23.2 Å². The highest BCUT2D eigenvalue weighted by Crippen LogP contribution is 2.24. The molecule has 0 spiro atoms. The zero-order valence-electron chi connectivity index (χ0n) is 14.0. The molecule has 0 saturated carbocycles. The van der Waals surface area contributed by atoms with Crippen molar-refractivity contribution in [1.29, 1.82) is 0 Å². The van der Waals surface area contributed by atoms with Crippen LogP contribution in [0.15, 0.2) is 42.5 Å². The van der Waals surface area contributed by atoms with Crippen LogP contribution in [0.25, 0.3) is 11.1 Å². The minimum atomic E-state index is -0.514. The molecule has 0 aliphatic carbocycles. The van der Waals surface area contributed by atoms with Crippen LogP contribution in [0.2, 0.25) is 0 Å². The lowest BCUT2D eigenvalue weighted by molar-refractivity contribution is 0.0946. The van der Waals surface area contributed by atoms with E-state index in [0.29, 0.717) is 6.54 Å². The van der Waals surface area contributed by atoms with E-state index in [-0.39, 0.29) is 29.9 Å². The predicted molar refractivity (Wildman–Crippen MR) is 99.0 cm³/mol. The minimum absolute atomic E-state index is 0. The Morgan fingerprint density at radius 3 is 2.56 bits per heavy atom. The number of hydrogen-bond donors (Lipinski definition) is 2. The van der Waals surface area contributed by atoms with E-state index >= 15 is 0 Å². The van der Waals surface area contributed by atoms with E-state index in [1.54, 1.807) is 13.2 Å². The van der Waals surface area contributed by atoms with Gasteiger partial charge in [0.1, 0.15) is 11.6 Å². The lowest BCUT2D eigenvalue weighted by atomic mass is 10.0. The third-order valence-corrected chi connectivity index (χ3v) is 4.31. The molecule has 0 radical (unpaired) electrons. The lowest BCUT2D eigenvalue weighted by Gasteiger charge is -2.12. The molecule has 2 aromatic carbocycles. The summed E-state index contributed by atoms with van der Waals surface area (Å²) < 4.78 is 19.4. The fourth-order valence-corrected chi connectivity index (χ4v) is 2.90. The summed E-state index contributed by atoms with van der Waals surface area (Å²) in [5.74, 6) is -0.140. The fourth-order valence-electron chi connectivity index (χ4n) is 2.90. The van der Waals surface area contributed by atoms with E-state index < -0.39 is 5.82 Å². The van der Waals surface area contributed by atoms with E-state index in [0.717, 1.165) is 36.3 Å². The minimum Gasteiger partial charge on any atom is -0.497 e. The van der Waals surface area contributed by atoms with Gasteiger partial charge in [-0.05, 0) is 54.8 Å². The number of rotatable bonds is 5. The van der Waals surface area contributed by atoms with Gasteiger partial charge in [-0.15, -0.1) is 12.4 Å². The van der Waals surface area contributed by atoms with E-state index in [4.69, 9.17) is 4.74 Å². The van der Waals surface area contributed by atoms with Crippen LogP contribution in [0.4, 0.5) is 4.39 Å². The average molecular weight is 365 g/mol. The molecule has 25 heavy (non-hydrogen) atoms. The zero-order chi connectivity index (χ0) is 16.9. The maximum Gasteiger partial charge on any atom is 0.254 e. The predicted octanol–water partition coefficient (Wildman–Crippen LogP) is 3.40. The van der Waals surface area contributed by atoms with Crippen LogP contribution in [0.5, 0.6) is 5.75 Å². The van der Waals surface area contributed by atoms with Crippen molar-refractivity contribution < 1.29 is 13.9 Å². The van der Waals surface area contributed by atoms with E-state index in [2.05, 4.69) is 10.6 Å².